The Labute approximate surface area is 159 Å². The average Bonchev–Trinajstić information content (AvgIpc) is 3.42. The number of ether oxygens (including phenoxy) is 1. The topological polar surface area (TPSA) is 102 Å². The number of nitrogens with zero attached hydrogens (tertiary/aromatic N) is 4. The smallest absolute Gasteiger partial charge is 0.323 e. The molecular formula is C18H16N6O2S. The zero-order valence-electron chi connectivity index (χ0n) is 14.3. The number of amides is 1. The van der Waals surface area contributed by atoms with E-state index in [1.807, 2.05) is 0 Å². The third-order valence-corrected chi connectivity index (χ3v) is 4.73. The molecule has 1 aromatic carbocycles. The largest absolute Gasteiger partial charge is 0.424 e. The fraction of sp³-hybridized carbons (Fsp3) is 0.167. The molecule has 9 heteroatoms. The zero-order chi connectivity index (χ0) is 18.6. The predicted molar refractivity (Wildman–Crippen MR) is 103 cm³/mol. The van der Waals surface area contributed by atoms with E-state index in [0.717, 1.165) is 5.01 Å². The molecule has 1 saturated carbocycles. The molecule has 2 heterocycles. The van der Waals surface area contributed by atoms with Crippen molar-refractivity contribution >= 4 is 33.9 Å². The summed E-state index contributed by atoms with van der Waals surface area (Å²) in [5.41, 5.74) is 0.591. The Morgan fingerprint density at radius 1 is 1.30 bits per heavy atom. The van der Waals surface area contributed by atoms with E-state index in [9.17, 15) is 4.79 Å². The Balaban J connectivity index is 1.45. The molecule has 0 bridgehead atoms. The maximum absolute atomic E-state index is 11.4. The number of benzene rings is 1. The lowest BCUT2D eigenvalue weighted by Gasteiger charge is -2.07. The van der Waals surface area contributed by atoms with Crippen LogP contribution in [0.25, 0.3) is 0 Å². The molecular weight excluding hydrogens is 364 g/mol. The Kier molecular flexibility index (Phi) is 4.75. The van der Waals surface area contributed by atoms with E-state index in [1.165, 1.54) is 30.3 Å². The molecule has 0 unspecified atom stereocenters. The van der Waals surface area contributed by atoms with E-state index in [-0.39, 0.29) is 11.9 Å². The quantitative estimate of drug-likeness (QED) is 0.600. The first-order chi connectivity index (χ1) is 13.2. The van der Waals surface area contributed by atoms with Crippen molar-refractivity contribution in [2.45, 2.75) is 18.8 Å². The molecule has 0 radical (unpaired) electrons. The summed E-state index contributed by atoms with van der Waals surface area (Å²) in [5.74, 6) is 1.34. The number of hydrogen-bond donors (Lipinski definition) is 2. The van der Waals surface area contributed by atoms with Gasteiger partial charge in [0.1, 0.15) is 16.6 Å². The summed E-state index contributed by atoms with van der Waals surface area (Å²) in [6.45, 7) is 3.43. The first kappa shape index (κ1) is 17.1. The molecule has 3 aromatic rings. The SMILES string of the molecule is C=CC(=O)Nc1cccc(Oc2nccc(Nc3nnc(C4CC4)s3)n2)c1. The van der Waals surface area contributed by atoms with Gasteiger partial charge in [-0.3, -0.25) is 4.79 Å². The summed E-state index contributed by atoms with van der Waals surface area (Å²) < 4.78 is 5.69. The molecule has 0 spiro atoms. The molecule has 1 amide bonds. The minimum atomic E-state index is -0.294. The molecule has 8 nitrogen and oxygen atoms in total. The van der Waals surface area contributed by atoms with Gasteiger partial charge in [0.2, 0.25) is 11.0 Å². The van der Waals surface area contributed by atoms with Gasteiger partial charge in [-0.05, 0) is 37.1 Å². The molecule has 0 atom stereocenters. The van der Waals surface area contributed by atoms with Crippen LogP contribution in [-0.2, 0) is 4.79 Å². The predicted octanol–water partition coefficient (Wildman–Crippen LogP) is 3.87. The van der Waals surface area contributed by atoms with Gasteiger partial charge in [-0.25, -0.2) is 4.98 Å². The van der Waals surface area contributed by atoms with Gasteiger partial charge in [0.15, 0.2) is 0 Å². The minimum absolute atomic E-state index is 0.180. The lowest BCUT2D eigenvalue weighted by atomic mass is 10.3. The maximum Gasteiger partial charge on any atom is 0.323 e. The van der Waals surface area contributed by atoms with Crippen LogP contribution in [0.2, 0.25) is 0 Å². The fourth-order valence-corrected chi connectivity index (χ4v) is 3.20. The van der Waals surface area contributed by atoms with E-state index in [0.29, 0.717) is 28.3 Å². The second kappa shape index (κ2) is 7.50. The highest BCUT2D eigenvalue weighted by Crippen LogP contribution is 2.42. The highest BCUT2D eigenvalue weighted by molar-refractivity contribution is 7.15. The van der Waals surface area contributed by atoms with Crippen molar-refractivity contribution in [3.05, 3.63) is 54.2 Å². The molecule has 0 saturated heterocycles. The summed E-state index contributed by atoms with van der Waals surface area (Å²) in [7, 11) is 0. The Morgan fingerprint density at radius 2 is 2.19 bits per heavy atom. The Morgan fingerprint density at radius 3 is 3.00 bits per heavy atom. The van der Waals surface area contributed by atoms with Crippen molar-refractivity contribution in [2.75, 3.05) is 10.6 Å². The molecule has 0 aliphatic heterocycles. The molecule has 1 fully saturated rings. The number of carbonyl (C=O) groups is 1. The number of aromatic nitrogens is 4. The van der Waals surface area contributed by atoms with E-state index >= 15 is 0 Å². The standard InChI is InChI=1S/C18H16N6O2S/c1-2-15(25)20-12-4-3-5-13(10-12)26-17-19-9-8-14(21-17)22-18-24-23-16(27-18)11-6-7-11/h2-5,8-11H,1,6-7H2,(H,20,25)(H,19,21,22,24). The first-order valence-electron chi connectivity index (χ1n) is 8.34. The van der Waals surface area contributed by atoms with Crippen molar-refractivity contribution in [3.8, 4) is 11.8 Å². The minimum Gasteiger partial charge on any atom is -0.424 e. The second-order valence-electron chi connectivity index (χ2n) is 5.89. The van der Waals surface area contributed by atoms with E-state index in [1.54, 1.807) is 36.5 Å². The van der Waals surface area contributed by atoms with Crippen molar-refractivity contribution in [1.82, 2.24) is 20.2 Å². The Bertz CT molecular complexity index is 985. The number of carbonyl (C=O) groups excluding carboxylic acids is 1. The highest BCUT2D eigenvalue weighted by Gasteiger charge is 2.27. The lowest BCUT2D eigenvalue weighted by molar-refractivity contribution is -0.111. The molecule has 2 aromatic heterocycles. The van der Waals surface area contributed by atoms with Crippen LogP contribution in [0, 0.1) is 0 Å². The van der Waals surface area contributed by atoms with E-state index in [4.69, 9.17) is 4.74 Å². The van der Waals surface area contributed by atoms with Crippen molar-refractivity contribution in [3.63, 3.8) is 0 Å². The summed E-state index contributed by atoms with van der Waals surface area (Å²) in [6.07, 6.45) is 5.17. The van der Waals surface area contributed by atoms with Crippen LogP contribution in [0.4, 0.5) is 16.6 Å². The van der Waals surface area contributed by atoms with Gasteiger partial charge in [-0.2, -0.15) is 4.98 Å². The zero-order valence-corrected chi connectivity index (χ0v) is 15.1. The molecule has 2 N–H and O–H groups in total. The molecule has 1 aliphatic rings. The van der Waals surface area contributed by atoms with Crippen LogP contribution in [-0.4, -0.2) is 26.1 Å². The van der Waals surface area contributed by atoms with Gasteiger partial charge in [-0.15, -0.1) is 10.2 Å². The van der Waals surface area contributed by atoms with Crippen LogP contribution in [0.1, 0.15) is 23.8 Å². The molecule has 27 heavy (non-hydrogen) atoms. The van der Waals surface area contributed by atoms with Gasteiger partial charge < -0.3 is 15.4 Å². The summed E-state index contributed by atoms with van der Waals surface area (Å²) in [6, 6.07) is 8.85. The number of hydrogen-bond acceptors (Lipinski definition) is 8. The second-order valence-corrected chi connectivity index (χ2v) is 6.90. The number of anilines is 3. The van der Waals surface area contributed by atoms with E-state index in [2.05, 4.69) is 37.4 Å². The number of nitrogens with one attached hydrogen (secondary N) is 2. The van der Waals surface area contributed by atoms with Gasteiger partial charge >= 0.3 is 6.01 Å². The summed E-state index contributed by atoms with van der Waals surface area (Å²) in [4.78, 5) is 19.9. The summed E-state index contributed by atoms with van der Waals surface area (Å²) in [5, 5.41) is 15.9. The fourth-order valence-electron chi connectivity index (χ4n) is 2.29. The average molecular weight is 380 g/mol. The van der Waals surface area contributed by atoms with Crippen LogP contribution in [0.3, 0.4) is 0 Å². The monoisotopic (exact) mass is 380 g/mol. The maximum atomic E-state index is 11.4. The summed E-state index contributed by atoms with van der Waals surface area (Å²) >= 11 is 1.54. The molecule has 4 rings (SSSR count). The van der Waals surface area contributed by atoms with Crippen molar-refractivity contribution in [1.29, 1.82) is 0 Å². The number of rotatable bonds is 7. The molecule has 136 valence electrons. The normalized spacial score (nSPS) is 13.0. The van der Waals surface area contributed by atoms with Gasteiger partial charge in [0.05, 0.1) is 0 Å². The third kappa shape index (κ3) is 4.45. The van der Waals surface area contributed by atoms with Crippen LogP contribution in [0.5, 0.6) is 11.8 Å². The lowest BCUT2D eigenvalue weighted by Crippen LogP contribution is -2.07. The Hall–Kier alpha value is -3.33. The van der Waals surface area contributed by atoms with Crippen molar-refractivity contribution < 1.29 is 9.53 Å². The highest BCUT2D eigenvalue weighted by atomic mass is 32.1. The first-order valence-corrected chi connectivity index (χ1v) is 9.16. The van der Waals surface area contributed by atoms with Crippen molar-refractivity contribution in [2.24, 2.45) is 0 Å². The van der Waals surface area contributed by atoms with Gasteiger partial charge in [0.25, 0.3) is 0 Å². The van der Waals surface area contributed by atoms with Crippen LogP contribution in [0.15, 0.2) is 49.2 Å². The van der Waals surface area contributed by atoms with Crippen LogP contribution >= 0.6 is 11.3 Å². The van der Waals surface area contributed by atoms with Crippen LogP contribution < -0.4 is 15.4 Å². The third-order valence-electron chi connectivity index (χ3n) is 3.73. The molecule has 1 aliphatic carbocycles. The van der Waals surface area contributed by atoms with E-state index < -0.39 is 0 Å². The van der Waals surface area contributed by atoms with Gasteiger partial charge in [0, 0.05) is 23.9 Å². The van der Waals surface area contributed by atoms with Gasteiger partial charge in [-0.1, -0.05) is 24.0 Å².